The number of methoxy groups -OCH3 is 1. The Morgan fingerprint density at radius 3 is 2.45 bits per heavy atom. The number of rotatable bonds is 8. The fourth-order valence-electron chi connectivity index (χ4n) is 1.37. The lowest BCUT2D eigenvalue weighted by atomic mass is 10.3. The van der Waals surface area contributed by atoms with Gasteiger partial charge in [0.25, 0.3) is 5.91 Å². The van der Waals surface area contributed by atoms with Crippen molar-refractivity contribution in [3.63, 3.8) is 0 Å². The SMILES string of the molecule is COc1ccccc1OCC(=O)NCCNS(C)(=O)=O. The molecule has 0 fully saturated rings. The van der Waals surface area contributed by atoms with E-state index < -0.39 is 10.0 Å². The molecule has 0 aliphatic carbocycles. The lowest BCUT2D eigenvalue weighted by Gasteiger charge is -2.10. The Morgan fingerprint density at radius 1 is 1.20 bits per heavy atom. The van der Waals surface area contributed by atoms with Gasteiger partial charge >= 0.3 is 0 Å². The fraction of sp³-hybridized carbons (Fsp3) is 0.417. The number of ether oxygens (including phenoxy) is 2. The Hall–Kier alpha value is -1.80. The number of hydrogen-bond acceptors (Lipinski definition) is 5. The first-order valence-electron chi connectivity index (χ1n) is 5.89. The normalized spacial score (nSPS) is 10.9. The molecule has 0 bridgehead atoms. The minimum absolute atomic E-state index is 0.138. The largest absolute Gasteiger partial charge is 0.493 e. The van der Waals surface area contributed by atoms with Crippen LogP contribution in [0.25, 0.3) is 0 Å². The first-order valence-corrected chi connectivity index (χ1v) is 7.78. The highest BCUT2D eigenvalue weighted by Gasteiger charge is 2.06. The number of nitrogens with one attached hydrogen (secondary N) is 2. The maximum absolute atomic E-state index is 11.5. The molecule has 0 spiro atoms. The Balaban J connectivity index is 2.29. The summed E-state index contributed by atoms with van der Waals surface area (Å²) >= 11 is 0. The van der Waals surface area contributed by atoms with E-state index in [9.17, 15) is 13.2 Å². The molecule has 2 N–H and O–H groups in total. The van der Waals surface area contributed by atoms with Crippen molar-refractivity contribution in [1.29, 1.82) is 0 Å². The predicted molar refractivity (Wildman–Crippen MR) is 74.3 cm³/mol. The minimum atomic E-state index is -3.24. The third-order valence-electron chi connectivity index (χ3n) is 2.24. The van der Waals surface area contributed by atoms with Crippen LogP contribution in [-0.4, -0.2) is 47.4 Å². The van der Waals surface area contributed by atoms with Crippen molar-refractivity contribution >= 4 is 15.9 Å². The third kappa shape index (κ3) is 6.39. The molecule has 0 saturated carbocycles. The molecule has 0 saturated heterocycles. The molecule has 7 nitrogen and oxygen atoms in total. The Kier molecular flexibility index (Phi) is 6.26. The molecule has 1 amide bonds. The van der Waals surface area contributed by atoms with Crippen LogP contribution < -0.4 is 19.5 Å². The van der Waals surface area contributed by atoms with Gasteiger partial charge in [0.1, 0.15) is 0 Å². The zero-order valence-corrected chi connectivity index (χ0v) is 12.2. The maximum Gasteiger partial charge on any atom is 0.257 e. The summed E-state index contributed by atoms with van der Waals surface area (Å²) < 4.78 is 34.2. The van der Waals surface area contributed by atoms with Gasteiger partial charge in [-0.1, -0.05) is 12.1 Å². The second kappa shape index (κ2) is 7.71. The van der Waals surface area contributed by atoms with Gasteiger partial charge in [-0.2, -0.15) is 0 Å². The van der Waals surface area contributed by atoms with Gasteiger partial charge in [-0.15, -0.1) is 0 Å². The van der Waals surface area contributed by atoms with Gasteiger partial charge in [-0.3, -0.25) is 4.79 Å². The topological polar surface area (TPSA) is 93.7 Å². The second-order valence-corrected chi connectivity index (χ2v) is 5.79. The number of amides is 1. The molecular formula is C12H18N2O5S. The smallest absolute Gasteiger partial charge is 0.257 e. The standard InChI is InChI=1S/C12H18N2O5S/c1-18-10-5-3-4-6-11(10)19-9-12(15)13-7-8-14-20(2,16)17/h3-6,14H,7-9H2,1-2H3,(H,13,15). The van der Waals surface area contributed by atoms with E-state index >= 15 is 0 Å². The minimum Gasteiger partial charge on any atom is -0.493 e. The number of hydrogen-bond donors (Lipinski definition) is 2. The quantitative estimate of drug-likeness (QED) is 0.645. The van der Waals surface area contributed by atoms with Crippen LogP contribution in [0, 0.1) is 0 Å². The number of benzene rings is 1. The highest BCUT2D eigenvalue weighted by Crippen LogP contribution is 2.25. The molecule has 0 radical (unpaired) electrons. The summed E-state index contributed by atoms with van der Waals surface area (Å²) in [5, 5.41) is 2.53. The van der Waals surface area contributed by atoms with Gasteiger partial charge in [-0.25, -0.2) is 13.1 Å². The van der Waals surface area contributed by atoms with Gasteiger partial charge in [0.2, 0.25) is 10.0 Å². The average Bonchev–Trinajstić information content (AvgIpc) is 2.40. The van der Waals surface area contributed by atoms with Crippen LogP contribution >= 0.6 is 0 Å². The highest BCUT2D eigenvalue weighted by molar-refractivity contribution is 7.88. The maximum atomic E-state index is 11.5. The van der Waals surface area contributed by atoms with E-state index in [1.807, 2.05) is 0 Å². The Labute approximate surface area is 118 Å². The van der Waals surface area contributed by atoms with Crippen LogP contribution in [0.4, 0.5) is 0 Å². The number of carbonyl (C=O) groups excluding carboxylic acids is 1. The van der Waals surface area contributed by atoms with Crippen LogP contribution in [0.1, 0.15) is 0 Å². The van der Waals surface area contributed by atoms with Gasteiger partial charge in [0, 0.05) is 13.1 Å². The molecule has 0 atom stereocenters. The molecule has 1 aromatic carbocycles. The molecule has 8 heteroatoms. The zero-order chi connectivity index (χ0) is 15.0. The summed E-state index contributed by atoms with van der Waals surface area (Å²) in [5.74, 6) is 0.671. The van der Waals surface area contributed by atoms with E-state index in [4.69, 9.17) is 9.47 Å². The van der Waals surface area contributed by atoms with E-state index in [1.54, 1.807) is 24.3 Å². The second-order valence-electron chi connectivity index (χ2n) is 3.96. The van der Waals surface area contributed by atoms with E-state index in [-0.39, 0.29) is 25.6 Å². The highest BCUT2D eigenvalue weighted by atomic mass is 32.2. The molecule has 0 aliphatic rings. The molecule has 0 unspecified atom stereocenters. The van der Waals surface area contributed by atoms with E-state index in [1.165, 1.54) is 7.11 Å². The summed E-state index contributed by atoms with van der Waals surface area (Å²) in [4.78, 5) is 11.5. The van der Waals surface area contributed by atoms with Crippen molar-refractivity contribution < 1.29 is 22.7 Å². The monoisotopic (exact) mass is 302 g/mol. The van der Waals surface area contributed by atoms with E-state index in [2.05, 4.69) is 10.0 Å². The molecule has 20 heavy (non-hydrogen) atoms. The van der Waals surface area contributed by atoms with Gasteiger partial charge in [0.05, 0.1) is 13.4 Å². The van der Waals surface area contributed by atoms with Crippen molar-refractivity contribution in [3.8, 4) is 11.5 Å². The third-order valence-corrected chi connectivity index (χ3v) is 2.97. The molecule has 112 valence electrons. The molecule has 1 rings (SSSR count). The summed E-state index contributed by atoms with van der Waals surface area (Å²) in [5.41, 5.74) is 0. The van der Waals surface area contributed by atoms with Crippen molar-refractivity contribution in [2.75, 3.05) is 33.1 Å². The van der Waals surface area contributed by atoms with Crippen LogP contribution in [0.3, 0.4) is 0 Å². The van der Waals surface area contributed by atoms with Crippen molar-refractivity contribution in [3.05, 3.63) is 24.3 Å². The lowest BCUT2D eigenvalue weighted by Crippen LogP contribution is -2.36. The number of para-hydroxylation sites is 2. The van der Waals surface area contributed by atoms with Crippen LogP contribution in [0.2, 0.25) is 0 Å². The number of carbonyl (C=O) groups is 1. The van der Waals surface area contributed by atoms with Crippen LogP contribution in [0.15, 0.2) is 24.3 Å². The predicted octanol–water partition coefficient (Wildman–Crippen LogP) is -0.261. The van der Waals surface area contributed by atoms with Crippen molar-refractivity contribution in [2.45, 2.75) is 0 Å². The lowest BCUT2D eigenvalue weighted by molar-refractivity contribution is -0.123. The van der Waals surface area contributed by atoms with Gasteiger partial charge in [0.15, 0.2) is 18.1 Å². The Morgan fingerprint density at radius 2 is 1.85 bits per heavy atom. The molecule has 0 aliphatic heterocycles. The first-order chi connectivity index (χ1) is 9.42. The summed E-state index contributed by atoms with van der Waals surface area (Å²) in [7, 11) is -1.72. The van der Waals surface area contributed by atoms with Gasteiger partial charge < -0.3 is 14.8 Å². The summed E-state index contributed by atoms with van der Waals surface area (Å²) in [6.45, 7) is 0.166. The van der Waals surface area contributed by atoms with Crippen LogP contribution in [-0.2, 0) is 14.8 Å². The average molecular weight is 302 g/mol. The molecule has 0 heterocycles. The molecule has 0 aromatic heterocycles. The van der Waals surface area contributed by atoms with Gasteiger partial charge in [-0.05, 0) is 12.1 Å². The fourth-order valence-corrected chi connectivity index (χ4v) is 1.84. The molecular weight excluding hydrogens is 284 g/mol. The van der Waals surface area contributed by atoms with E-state index in [0.717, 1.165) is 6.26 Å². The van der Waals surface area contributed by atoms with Crippen LogP contribution in [0.5, 0.6) is 11.5 Å². The molecule has 1 aromatic rings. The summed E-state index contributed by atoms with van der Waals surface area (Å²) in [6, 6.07) is 6.98. The van der Waals surface area contributed by atoms with E-state index in [0.29, 0.717) is 11.5 Å². The number of sulfonamides is 1. The zero-order valence-electron chi connectivity index (χ0n) is 11.4. The summed E-state index contributed by atoms with van der Waals surface area (Å²) in [6.07, 6.45) is 1.06. The van der Waals surface area contributed by atoms with Crippen molar-refractivity contribution in [2.24, 2.45) is 0 Å². The Bertz CT molecular complexity index is 545. The first kappa shape index (κ1) is 16.3. The van der Waals surface area contributed by atoms with Crippen molar-refractivity contribution in [1.82, 2.24) is 10.0 Å².